The Hall–Kier alpha value is -2.51. The van der Waals surface area contributed by atoms with Crippen LogP contribution in [0.25, 0.3) is 0 Å². The summed E-state index contributed by atoms with van der Waals surface area (Å²) in [6, 6.07) is 5.88. The number of hydrogen-bond acceptors (Lipinski definition) is 7. The number of fused-ring (bicyclic) bond motifs is 1. The summed E-state index contributed by atoms with van der Waals surface area (Å²) in [5, 5.41) is 3.35. The first-order chi connectivity index (χ1) is 12.4. The van der Waals surface area contributed by atoms with Gasteiger partial charge in [-0.1, -0.05) is 6.07 Å². The van der Waals surface area contributed by atoms with Gasteiger partial charge in [-0.15, -0.1) is 0 Å². The molecule has 0 aromatic carbocycles. The zero-order valence-electron chi connectivity index (χ0n) is 15.9. The first-order valence-corrected chi connectivity index (χ1v) is 8.88. The van der Waals surface area contributed by atoms with Crippen molar-refractivity contribution in [3.8, 4) is 5.88 Å². The highest BCUT2D eigenvalue weighted by molar-refractivity contribution is 5.82. The lowest BCUT2D eigenvalue weighted by Gasteiger charge is -2.39. The number of guanidine groups is 1. The summed E-state index contributed by atoms with van der Waals surface area (Å²) in [6.45, 7) is 8.89. The van der Waals surface area contributed by atoms with Gasteiger partial charge in [0, 0.05) is 25.7 Å². The summed E-state index contributed by atoms with van der Waals surface area (Å²) in [5.74, 6) is 1.46. The molecule has 1 fully saturated rings. The number of ether oxygens (including phenoxy) is 2. The van der Waals surface area contributed by atoms with Crippen molar-refractivity contribution in [3.05, 3.63) is 23.9 Å². The molecule has 0 radical (unpaired) electrons. The Balaban J connectivity index is 1.53. The minimum Gasteiger partial charge on any atom is -0.481 e. The van der Waals surface area contributed by atoms with Gasteiger partial charge in [-0.25, -0.2) is 9.78 Å². The number of carbonyl (C=O) groups excluding carboxylic acids is 1. The van der Waals surface area contributed by atoms with Crippen LogP contribution in [0.5, 0.6) is 5.88 Å². The van der Waals surface area contributed by atoms with Gasteiger partial charge in [-0.2, -0.15) is 0 Å². The Morgan fingerprint density at radius 1 is 1.35 bits per heavy atom. The number of nitrogens with zero attached hydrogens (tertiary/aromatic N) is 4. The van der Waals surface area contributed by atoms with Crippen molar-refractivity contribution in [2.45, 2.75) is 39.0 Å². The number of aliphatic imine (C=N–C) groups is 1. The molecule has 1 saturated heterocycles. The minimum atomic E-state index is -0.475. The van der Waals surface area contributed by atoms with E-state index in [1.165, 1.54) is 0 Å². The van der Waals surface area contributed by atoms with E-state index in [2.05, 4.69) is 20.2 Å². The highest BCUT2D eigenvalue weighted by Gasteiger charge is 2.36. The molecule has 8 nitrogen and oxygen atoms in total. The summed E-state index contributed by atoms with van der Waals surface area (Å²) in [7, 11) is 1.61. The van der Waals surface area contributed by atoms with Gasteiger partial charge in [0.1, 0.15) is 5.60 Å². The van der Waals surface area contributed by atoms with Crippen LogP contribution in [0.15, 0.2) is 23.2 Å². The molecule has 1 amide bonds. The topological polar surface area (TPSA) is 79.3 Å². The smallest absolute Gasteiger partial charge is 0.410 e. The molecule has 26 heavy (non-hydrogen) atoms. The summed E-state index contributed by atoms with van der Waals surface area (Å²) in [4.78, 5) is 25.3. The molecule has 0 spiro atoms. The molecule has 2 aliphatic rings. The zero-order valence-corrected chi connectivity index (χ0v) is 15.9. The van der Waals surface area contributed by atoms with E-state index in [1.54, 1.807) is 12.0 Å². The molecule has 8 heteroatoms. The van der Waals surface area contributed by atoms with Crippen molar-refractivity contribution in [2.24, 2.45) is 4.99 Å². The summed E-state index contributed by atoms with van der Waals surface area (Å²) in [6.07, 6.45) is -0.251. The van der Waals surface area contributed by atoms with Crippen molar-refractivity contribution in [1.82, 2.24) is 20.1 Å². The van der Waals surface area contributed by atoms with Crippen LogP contribution in [0.1, 0.15) is 26.5 Å². The average Bonchev–Trinajstić information content (AvgIpc) is 3.01. The molecule has 1 atom stereocenters. The first-order valence-electron chi connectivity index (χ1n) is 8.88. The third kappa shape index (κ3) is 4.36. The van der Waals surface area contributed by atoms with Gasteiger partial charge in [-0.05, 0) is 26.8 Å². The van der Waals surface area contributed by atoms with Gasteiger partial charge in [0.25, 0.3) is 0 Å². The van der Waals surface area contributed by atoms with E-state index in [-0.39, 0.29) is 12.1 Å². The second-order valence-electron chi connectivity index (χ2n) is 7.46. The van der Waals surface area contributed by atoms with Crippen LogP contribution in [0.4, 0.5) is 4.79 Å². The number of nitrogens with one attached hydrogen (secondary N) is 1. The molecule has 2 aliphatic heterocycles. The Bertz CT molecular complexity index is 686. The van der Waals surface area contributed by atoms with Gasteiger partial charge in [-0.3, -0.25) is 4.99 Å². The molecule has 1 aromatic heterocycles. The van der Waals surface area contributed by atoms with Crippen LogP contribution in [0, 0.1) is 0 Å². The van der Waals surface area contributed by atoms with Crippen LogP contribution < -0.4 is 10.1 Å². The minimum absolute atomic E-state index is 0.192. The standard InChI is InChI=1S/C18H27N5O3/c1-18(2,3)26-17(24)22-8-9-23-14(12-22)11-20-16(23)19-10-13-6-5-7-15(21-13)25-4/h5-7,14H,8-12H2,1-4H3,(H,19,20). The van der Waals surface area contributed by atoms with E-state index in [0.29, 0.717) is 32.1 Å². The third-order valence-corrected chi connectivity index (χ3v) is 4.28. The molecule has 3 heterocycles. The monoisotopic (exact) mass is 361 g/mol. The molecule has 0 saturated carbocycles. The number of pyridine rings is 1. The highest BCUT2D eigenvalue weighted by atomic mass is 16.6. The fourth-order valence-corrected chi connectivity index (χ4v) is 3.06. The zero-order chi connectivity index (χ0) is 18.7. The van der Waals surface area contributed by atoms with E-state index >= 15 is 0 Å². The van der Waals surface area contributed by atoms with Crippen LogP contribution >= 0.6 is 0 Å². The maximum atomic E-state index is 12.3. The van der Waals surface area contributed by atoms with Gasteiger partial charge in [0.2, 0.25) is 5.88 Å². The van der Waals surface area contributed by atoms with E-state index in [4.69, 9.17) is 9.47 Å². The SMILES string of the molecule is COc1cccc(CNC2=NCC3CN(C(=O)OC(C)(C)C)CCN23)n1. The van der Waals surface area contributed by atoms with Crippen molar-refractivity contribution >= 4 is 12.1 Å². The van der Waals surface area contributed by atoms with Gasteiger partial charge >= 0.3 is 6.09 Å². The third-order valence-electron chi connectivity index (χ3n) is 4.28. The van der Waals surface area contributed by atoms with Crippen molar-refractivity contribution < 1.29 is 14.3 Å². The van der Waals surface area contributed by atoms with Gasteiger partial charge < -0.3 is 24.6 Å². The number of carbonyl (C=O) groups is 1. The Kier molecular flexibility index (Phi) is 5.20. The summed E-state index contributed by atoms with van der Waals surface area (Å²) >= 11 is 0. The van der Waals surface area contributed by atoms with Gasteiger partial charge in [0.05, 0.1) is 31.9 Å². The lowest BCUT2D eigenvalue weighted by Crippen LogP contribution is -2.57. The largest absolute Gasteiger partial charge is 0.481 e. The quantitative estimate of drug-likeness (QED) is 0.878. The lowest BCUT2D eigenvalue weighted by atomic mass is 10.2. The number of aromatic nitrogens is 1. The first kappa shape index (κ1) is 18.3. The second-order valence-corrected chi connectivity index (χ2v) is 7.46. The van der Waals surface area contributed by atoms with Crippen LogP contribution in [0.3, 0.4) is 0 Å². The second kappa shape index (κ2) is 7.39. The highest BCUT2D eigenvalue weighted by Crippen LogP contribution is 2.19. The van der Waals surface area contributed by atoms with Gasteiger partial charge in [0.15, 0.2) is 5.96 Å². The van der Waals surface area contributed by atoms with Crippen molar-refractivity contribution in [1.29, 1.82) is 0 Å². The predicted octanol–water partition coefficient (Wildman–Crippen LogP) is 1.47. The molecule has 1 N–H and O–H groups in total. The molecule has 1 aromatic rings. The molecule has 1 unspecified atom stereocenters. The average molecular weight is 361 g/mol. The number of hydrogen-bond donors (Lipinski definition) is 1. The summed E-state index contributed by atoms with van der Waals surface area (Å²) < 4.78 is 10.6. The maximum absolute atomic E-state index is 12.3. The molecule has 142 valence electrons. The fourth-order valence-electron chi connectivity index (χ4n) is 3.06. The number of piperazine rings is 1. The van der Waals surface area contributed by atoms with Crippen LogP contribution in [-0.2, 0) is 11.3 Å². The van der Waals surface area contributed by atoms with E-state index in [1.807, 2.05) is 39.0 Å². The lowest BCUT2D eigenvalue weighted by molar-refractivity contribution is 0.0137. The Morgan fingerprint density at radius 2 is 2.15 bits per heavy atom. The maximum Gasteiger partial charge on any atom is 0.410 e. The van der Waals surface area contributed by atoms with E-state index in [0.717, 1.165) is 18.2 Å². The van der Waals surface area contributed by atoms with Crippen molar-refractivity contribution in [3.63, 3.8) is 0 Å². The number of rotatable bonds is 3. The molecular weight excluding hydrogens is 334 g/mol. The van der Waals surface area contributed by atoms with E-state index in [9.17, 15) is 4.79 Å². The van der Waals surface area contributed by atoms with E-state index < -0.39 is 5.60 Å². The number of methoxy groups -OCH3 is 1. The molecular formula is C18H27N5O3. The Morgan fingerprint density at radius 3 is 2.88 bits per heavy atom. The number of amides is 1. The van der Waals surface area contributed by atoms with Crippen LogP contribution in [0.2, 0.25) is 0 Å². The molecule has 0 bridgehead atoms. The fraction of sp³-hybridized carbons (Fsp3) is 0.611. The summed E-state index contributed by atoms with van der Waals surface area (Å²) in [5.41, 5.74) is 0.416. The van der Waals surface area contributed by atoms with Crippen molar-refractivity contribution in [2.75, 3.05) is 33.3 Å². The normalized spacial score (nSPS) is 19.7. The predicted molar refractivity (Wildman–Crippen MR) is 98.2 cm³/mol. The molecule has 0 aliphatic carbocycles. The van der Waals surface area contributed by atoms with Crippen LogP contribution in [-0.4, -0.2) is 71.8 Å². The Labute approximate surface area is 154 Å². The molecule has 3 rings (SSSR count).